The Labute approximate surface area is 308 Å². The molecule has 266 valence electrons. The Morgan fingerprint density at radius 3 is 2.40 bits per heavy atom. The maximum atomic E-state index is 6.14. The summed E-state index contributed by atoms with van der Waals surface area (Å²) in [5.74, 6) is 5.01. The number of hydrogen-bond donors (Lipinski definition) is 1. The highest BCUT2D eigenvalue weighted by atomic mass is 32.2. The summed E-state index contributed by atoms with van der Waals surface area (Å²) < 4.78 is 19.9. The Kier molecular flexibility index (Phi) is 10.1. The lowest BCUT2D eigenvalue weighted by atomic mass is 10.0. The van der Waals surface area contributed by atoms with Gasteiger partial charge in [0, 0.05) is 73.4 Å². The van der Waals surface area contributed by atoms with E-state index in [0.717, 1.165) is 58.4 Å². The van der Waals surface area contributed by atoms with Crippen molar-refractivity contribution in [3.63, 3.8) is 0 Å². The van der Waals surface area contributed by atoms with Crippen molar-refractivity contribution in [2.45, 2.75) is 25.5 Å². The summed E-state index contributed by atoms with van der Waals surface area (Å²) in [7, 11) is 3.36. The van der Waals surface area contributed by atoms with Crippen molar-refractivity contribution in [3.05, 3.63) is 109 Å². The molecule has 11 heteroatoms. The summed E-state index contributed by atoms with van der Waals surface area (Å²) in [5.41, 5.74) is 7.09. The quantitative estimate of drug-likeness (QED) is 0.143. The zero-order valence-electron chi connectivity index (χ0n) is 29.6. The molecular weight excluding hydrogens is 671 g/mol. The largest absolute Gasteiger partial charge is 0.494 e. The predicted octanol–water partition coefficient (Wildman–Crippen LogP) is 7.82. The molecule has 2 saturated heterocycles. The maximum Gasteiger partial charge on any atom is 0.227 e. The van der Waals surface area contributed by atoms with Crippen molar-refractivity contribution in [1.82, 2.24) is 24.3 Å². The van der Waals surface area contributed by atoms with E-state index >= 15 is 0 Å². The van der Waals surface area contributed by atoms with Crippen molar-refractivity contribution in [2.24, 2.45) is 0 Å². The average Bonchev–Trinajstić information content (AvgIpc) is 3.61. The van der Waals surface area contributed by atoms with Crippen LogP contribution < -0.4 is 24.4 Å². The summed E-state index contributed by atoms with van der Waals surface area (Å²) in [6.07, 6.45) is 6.15. The molecule has 0 saturated carbocycles. The topological polar surface area (TPSA) is 89.3 Å². The van der Waals surface area contributed by atoms with Crippen LogP contribution in [0.3, 0.4) is 0 Å². The lowest BCUT2D eigenvalue weighted by Gasteiger charge is -2.40. The van der Waals surface area contributed by atoms with Crippen LogP contribution in [-0.4, -0.2) is 82.2 Å². The number of rotatable bonds is 11. The van der Waals surface area contributed by atoms with Crippen LogP contribution in [0, 0.1) is 0 Å². The number of nitrogens with one attached hydrogen (secondary N) is 1. The van der Waals surface area contributed by atoms with Crippen LogP contribution in [0.5, 0.6) is 17.2 Å². The Morgan fingerprint density at radius 2 is 1.60 bits per heavy atom. The van der Waals surface area contributed by atoms with Gasteiger partial charge in [-0.25, -0.2) is 15.0 Å². The smallest absolute Gasteiger partial charge is 0.227 e. The molecule has 0 bridgehead atoms. The van der Waals surface area contributed by atoms with Crippen molar-refractivity contribution in [2.75, 3.05) is 62.1 Å². The molecule has 52 heavy (non-hydrogen) atoms. The van der Waals surface area contributed by atoms with Crippen molar-refractivity contribution >= 4 is 34.7 Å². The van der Waals surface area contributed by atoms with Crippen LogP contribution in [0.2, 0.25) is 0 Å². The van der Waals surface area contributed by atoms with Crippen LogP contribution in [0.1, 0.15) is 18.4 Å². The Bertz CT molecular complexity index is 2130. The normalized spacial score (nSPS) is 15.5. The lowest BCUT2D eigenvalue weighted by Crippen LogP contribution is -2.47. The van der Waals surface area contributed by atoms with Crippen molar-refractivity contribution in [1.29, 1.82) is 0 Å². The molecule has 0 unspecified atom stereocenters. The van der Waals surface area contributed by atoms with Gasteiger partial charge in [-0.2, -0.15) is 11.8 Å². The van der Waals surface area contributed by atoms with Gasteiger partial charge in [0.05, 0.1) is 37.0 Å². The van der Waals surface area contributed by atoms with Gasteiger partial charge >= 0.3 is 0 Å². The number of methoxy groups -OCH3 is 2. The van der Waals surface area contributed by atoms with Crippen LogP contribution in [0.25, 0.3) is 28.3 Å². The number of nitrogens with zero attached hydrogens (tertiary/aromatic N) is 6. The minimum Gasteiger partial charge on any atom is -0.494 e. The number of aromatic nitrogens is 4. The molecule has 2 fully saturated rings. The Balaban J connectivity index is 1.04. The van der Waals surface area contributed by atoms with Crippen LogP contribution in [0.15, 0.2) is 103 Å². The number of benzene rings is 3. The molecule has 3 aromatic carbocycles. The highest BCUT2D eigenvalue weighted by Crippen LogP contribution is 2.38. The third-order valence-corrected chi connectivity index (χ3v) is 10.9. The van der Waals surface area contributed by atoms with Gasteiger partial charge < -0.3 is 24.4 Å². The van der Waals surface area contributed by atoms with E-state index in [0.29, 0.717) is 30.1 Å². The van der Waals surface area contributed by atoms with Gasteiger partial charge in [0.1, 0.15) is 18.0 Å². The van der Waals surface area contributed by atoms with Gasteiger partial charge in [0.25, 0.3) is 0 Å². The number of ether oxygens (including phenoxy) is 3. The second kappa shape index (κ2) is 15.5. The Morgan fingerprint density at radius 1 is 0.788 bits per heavy atom. The standard InChI is InChI=1S/C41H43N7O3S/c1-49-36-27-32(46-20-16-31(17-21-46)47-22-24-52-25-23-47)12-13-33(36)43-41-42-18-15-34(44-41)40-39(45-38-10-6-7-19-48(38)40)30-11-14-35(37(26-30)50-2)51-28-29-8-4-3-5-9-29/h3-15,18-19,26-27,31H,16-17,20-25,28H2,1-2H3,(H,42,43,44). The number of hydrogen-bond acceptors (Lipinski definition) is 10. The van der Waals surface area contributed by atoms with E-state index in [-0.39, 0.29) is 0 Å². The molecule has 2 aliphatic rings. The molecule has 0 radical (unpaired) electrons. The zero-order valence-corrected chi connectivity index (χ0v) is 30.4. The van der Waals surface area contributed by atoms with Gasteiger partial charge in [-0.1, -0.05) is 36.4 Å². The molecule has 5 heterocycles. The molecule has 10 nitrogen and oxygen atoms in total. The van der Waals surface area contributed by atoms with Crippen LogP contribution >= 0.6 is 11.8 Å². The highest BCUT2D eigenvalue weighted by Gasteiger charge is 2.26. The monoisotopic (exact) mass is 713 g/mol. The average molecular weight is 714 g/mol. The third-order valence-electron chi connectivity index (χ3n) is 9.93. The minimum atomic E-state index is 0.442. The Hall–Kier alpha value is -5.26. The van der Waals surface area contributed by atoms with Gasteiger partial charge in [0.2, 0.25) is 5.95 Å². The first-order chi connectivity index (χ1) is 25.7. The van der Waals surface area contributed by atoms with E-state index in [1.165, 1.54) is 43.1 Å². The van der Waals surface area contributed by atoms with E-state index in [4.69, 9.17) is 24.2 Å². The van der Waals surface area contributed by atoms with E-state index in [9.17, 15) is 0 Å². The first-order valence-corrected chi connectivity index (χ1v) is 19.0. The molecule has 2 aliphatic heterocycles. The van der Waals surface area contributed by atoms with Crippen molar-refractivity contribution < 1.29 is 14.2 Å². The molecule has 0 spiro atoms. The minimum absolute atomic E-state index is 0.442. The number of pyridine rings is 1. The SMILES string of the molecule is COc1cc(N2CCC(N3CCSCC3)CC2)ccc1Nc1nccc(-c2c(-c3ccc(OCc4ccccc4)c(OC)c3)nc3ccccn23)n1. The number of fused-ring (bicyclic) bond motifs is 1. The van der Waals surface area contributed by atoms with Gasteiger partial charge in [-0.15, -0.1) is 0 Å². The molecule has 3 aromatic heterocycles. The maximum absolute atomic E-state index is 6.14. The second-order valence-electron chi connectivity index (χ2n) is 13.0. The summed E-state index contributed by atoms with van der Waals surface area (Å²) in [6.45, 7) is 4.98. The summed E-state index contributed by atoms with van der Waals surface area (Å²) in [6, 6.07) is 30.9. The predicted molar refractivity (Wildman–Crippen MR) is 209 cm³/mol. The first-order valence-electron chi connectivity index (χ1n) is 17.8. The third kappa shape index (κ3) is 7.24. The summed E-state index contributed by atoms with van der Waals surface area (Å²) >= 11 is 2.08. The highest BCUT2D eigenvalue weighted by molar-refractivity contribution is 7.99. The van der Waals surface area contributed by atoms with E-state index in [1.807, 2.05) is 79.0 Å². The molecule has 0 amide bonds. The van der Waals surface area contributed by atoms with Crippen LogP contribution in [0.4, 0.5) is 17.3 Å². The number of imidazole rings is 1. The molecule has 1 N–H and O–H groups in total. The van der Waals surface area contributed by atoms with Crippen LogP contribution in [-0.2, 0) is 6.61 Å². The van der Waals surface area contributed by atoms with E-state index in [1.54, 1.807) is 20.4 Å². The van der Waals surface area contributed by atoms with Gasteiger partial charge in [-0.05, 0) is 66.9 Å². The van der Waals surface area contributed by atoms with E-state index < -0.39 is 0 Å². The first kappa shape index (κ1) is 33.9. The molecule has 0 atom stereocenters. The number of anilines is 3. The molecule has 8 rings (SSSR count). The summed E-state index contributed by atoms with van der Waals surface area (Å²) in [4.78, 5) is 19.8. The fourth-order valence-electron chi connectivity index (χ4n) is 7.19. The second-order valence-corrected chi connectivity index (χ2v) is 14.2. The van der Waals surface area contributed by atoms with E-state index in [2.05, 4.69) is 54.5 Å². The van der Waals surface area contributed by atoms with Crippen molar-refractivity contribution in [3.8, 4) is 39.9 Å². The molecule has 6 aromatic rings. The van der Waals surface area contributed by atoms with Gasteiger partial charge in [-0.3, -0.25) is 9.30 Å². The zero-order chi connectivity index (χ0) is 35.3. The van der Waals surface area contributed by atoms with Gasteiger partial charge in [0.15, 0.2) is 11.5 Å². The lowest BCUT2D eigenvalue weighted by molar-refractivity contribution is 0.186. The molecule has 0 aliphatic carbocycles. The fourth-order valence-corrected chi connectivity index (χ4v) is 8.13. The number of thioether (sulfide) groups is 1. The fraction of sp³-hybridized carbons (Fsp3) is 0.293. The number of piperidine rings is 1. The summed E-state index contributed by atoms with van der Waals surface area (Å²) in [5, 5.41) is 3.43. The molecular formula is C41H43N7O3S.